The average molecular weight is 384 g/mol. The summed E-state index contributed by atoms with van der Waals surface area (Å²) in [6.07, 6.45) is 0.805. The minimum Gasteiger partial charge on any atom is -0.493 e. The van der Waals surface area contributed by atoms with Gasteiger partial charge in [0.25, 0.3) is 11.6 Å². The van der Waals surface area contributed by atoms with Gasteiger partial charge >= 0.3 is 5.97 Å². The van der Waals surface area contributed by atoms with Crippen LogP contribution in [0.5, 0.6) is 11.5 Å². The van der Waals surface area contributed by atoms with Crippen molar-refractivity contribution in [2.45, 2.75) is 32.2 Å². The van der Waals surface area contributed by atoms with Crippen molar-refractivity contribution in [3.63, 3.8) is 0 Å². The highest BCUT2D eigenvalue weighted by Gasteiger charge is 2.26. The lowest BCUT2D eigenvalue weighted by Crippen LogP contribution is -2.36. The Morgan fingerprint density at radius 1 is 1.26 bits per heavy atom. The Labute approximate surface area is 156 Å². The van der Waals surface area contributed by atoms with Crippen molar-refractivity contribution in [2.24, 2.45) is 0 Å². The lowest BCUT2D eigenvalue weighted by Gasteiger charge is -2.17. The molecule has 0 spiro atoms. The Kier molecular flexibility index (Phi) is 9.00. The highest BCUT2D eigenvalue weighted by molar-refractivity contribution is 5.99. The van der Waals surface area contributed by atoms with E-state index in [1.807, 2.05) is 6.92 Å². The van der Waals surface area contributed by atoms with E-state index >= 15 is 0 Å². The predicted octanol–water partition coefficient (Wildman–Crippen LogP) is 2.00. The summed E-state index contributed by atoms with van der Waals surface area (Å²) in [5, 5.41) is 22.9. The fourth-order valence-electron chi connectivity index (χ4n) is 2.44. The molecule has 0 radical (unpaired) electrons. The second-order valence-corrected chi connectivity index (χ2v) is 5.68. The lowest BCUT2D eigenvalue weighted by atomic mass is 10.1. The van der Waals surface area contributed by atoms with Crippen LogP contribution in [-0.4, -0.2) is 55.4 Å². The van der Waals surface area contributed by atoms with E-state index in [-0.39, 0.29) is 36.7 Å². The third-order valence-corrected chi connectivity index (χ3v) is 3.66. The van der Waals surface area contributed by atoms with Gasteiger partial charge in [0.15, 0.2) is 11.5 Å². The number of nitro benzene ring substituents is 1. The van der Waals surface area contributed by atoms with E-state index in [9.17, 15) is 19.7 Å². The van der Waals surface area contributed by atoms with Crippen molar-refractivity contribution in [1.29, 1.82) is 0 Å². The second kappa shape index (κ2) is 11.0. The molecule has 0 heterocycles. The molecule has 0 aliphatic rings. The van der Waals surface area contributed by atoms with Crippen molar-refractivity contribution < 1.29 is 33.8 Å². The minimum absolute atomic E-state index is 0.105. The zero-order valence-corrected chi connectivity index (χ0v) is 15.5. The number of amides is 1. The van der Waals surface area contributed by atoms with Gasteiger partial charge in [-0.15, -0.1) is 0 Å². The van der Waals surface area contributed by atoms with Crippen LogP contribution in [0, 0.1) is 10.1 Å². The first kappa shape index (κ1) is 22.2. The zero-order chi connectivity index (χ0) is 20.4. The molecular formula is C17H24N2O8. The minimum atomic E-state index is -1.07. The lowest BCUT2D eigenvalue weighted by molar-refractivity contribution is -0.385. The molecule has 1 amide bonds. The maximum absolute atomic E-state index is 12.6. The molecule has 10 nitrogen and oxygen atoms in total. The molecule has 0 saturated carbocycles. The maximum Gasteiger partial charge on any atom is 0.305 e. The number of ether oxygens (including phenoxy) is 3. The molecule has 1 aromatic rings. The van der Waals surface area contributed by atoms with E-state index < -0.39 is 28.5 Å². The van der Waals surface area contributed by atoms with Gasteiger partial charge in [-0.2, -0.15) is 0 Å². The van der Waals surface area contributed by atoms with Crippen molar-refractivity contribution in [3.8, 4) is 11.5 Å². The third-order valence-electron chi connectivity index (χ3n) is 3.66. The average Bonchev–Trinajstić information content (AvgIpc) is 2.60. The molecule has 0 aliphatic heterocycles. The van der Waals surface area contributed by atoms with Crippen LogP contribution < -0.4 is 14.8 Å². The molecule has 0 aromatic heterocycles. The van der Waals surface area contributed by atoms with E-state index in [4.69, 9.17) is 19.3 Å². The Bertz CT molecular complexity index is 677. The molecule has 2 N–H and O–H groups in total. The molecule has 1 atom stereocenters. The number of rotatable bonds is 12. The smallest absolute Gasteiger partial charge is 0.305 e. The molecule has 0 unspecified atom stereocenters. The largest absolute Gasteiger partial charge is 0.493 e. The van der Waals surface area contributed by atoms with E-state index in [1.165, 1.54) is 20.3 Å². The van der Waals surface area contributed by atoms with Crippen LogP contribution in [0.2, 0.25) is 0 Å². The van der Waals surface area contributed by atoms with Gasteiger partial charge in [0.2, 0.25) is 0 Å². The van der Waals surface area contributed by atoms with Gasteiger partial charge in [0.1, 0.15) is 12.2 Å². The Hall–Kier alpha value is -2.88. The first-order valence-corrected chi connectivity index (χ1v) is 8.34. The monoisotopic (exact) mass is 384 g/mol. The van der Waals surface area contributed by atoms with E-state index in [1.54, 1.807) is 0 Å². The molecule has 0 bridgehead atoms. The van der Waals surface area contributed by atoms with Gasteiger partial charge in [-0.25, -0.2) is 0 Å². The quantitative estimate of drug-likeness (QED) is 0.317. The number of carboxylic acids is 1. The number of nitrogens with one attached hydrogen (secondary N) is 1. The summed E-state index contributed by atoms with van der Waals surface area (Å²) in [7, 11) is 2.83. The normalized spacial score (nSPS) is 11.5. The van der Waals surface area contributed by atoms with Crippen molar-refractivity contribution in [2.75, 3.05) is 27.4 Å². The summed E-state index contributed by atoms with van der Waals surface area (Å²) in [5.74, 6) is -1.56. The Morgan fingerprint density at radius 3 is 2.48 bits per heavy atom. The summed E-state index contributed by atoms with van der Waals surface area (Å²) in [6.45, 7) is 2.26. The van der Waals surface area contributed by atoms with Crippen LogP contribution >= 0.6 is 0 Å². The van der Waals surface area contributed by atoms with Gasteiger partial charge in [-0.3, -0.25) is 19.7 Å². The van der Waals surface area contributed by atoms with Gasteiger partial charge in [-0.05, 0) is 6.42 Å². The number of carbonyl (C=O) groups is 2. The zero-order valence-electron chi connectivity index (χ0n) is 15.5. The fourth-order valence-corrected chi connectivity index (χ4v) is 2.44. The number of carboxylic acid groups (broad SMARTS) is 1. The fraction of sp³-hybridized carbons (Fsp3) is 0.529. The second-order valence-electron chi connectivity index (χ2n) is 5.68. The number of nitro groups is 1. The summed E-state index contributed by atoms with van der Waals surface area (Å²) in [5.41, 5.74) is -0.700. The topological polar surface area (TPSA) is 137 Å². The van der Waals surface area contributed by atoms with Crippen molar-refractivity contribution in [3.05, 3.63) is 27.8 Å². The number of methoxy groups -OCH3 is 2. The number of benzene rings is 1. The molecular weight excluding hydrogens is 360 g/mol. The summed E-state index contributed by atoms with van der Waals surface area (Å²) >= 11 is 0. The Morgan fingerprint density at radius 2 is 1.96 bits per heavy atom. The van der Waals surface area contributed by atoms with Crippen LogP contribution in [0.25, 0.3) is 0 Å². The SMILES string of the molecule is CCC[C@H](CC(=O)O)NC(=O)c1cc(OC)c(OCCOC)cc1[N+](=O)[O-]. The van der Waals surface area contributed by atoms with Gasteiger partial charge in [-0.1, -0.05) is 13.3 Å². The standard InChI is InChI=1S/C17H24N2O8/c1-4-5-11(8-16(20)21)18-17(22)12-9-14(26-3)15(27-7-6-25-2)10-13(12)19(23)24/h9-11H,4-8H2,1-3H3,(H,18,22)(H,20,21)/t11-/m1/s1. The maximum atomic E-state index is 12.6. The number of hydrogen-bond donors (Lipinski definition) is 2. The first-order valence-electron chi connectivity index (χ1n) is 8.34. The van der Waals surface area contributed by atoms with Gasteiger partial charge < -0.3 is 24.6 Å². The predicted molar refractivity (Wildman–Crippen MR) is 95.4 cm³/mol. The number of carbonyl (C=O) groups excluding carboxylic acids is 1. The van der Waals surface area contributed by atoms with Crippen LogP contribution in [0.1, 0.15) is 36.5 Å². The van der Waals surface area contributed by atoms with E-state index in [0.717, 1.165) is 6.07 Å². The number of hydrogen-bond acceptors (Lipinski definition) is 7. The molecule has 27 heavy (non-hydrogen) atoms. The summed E-state index contributed by atoms with van der Waals surface area (Å²) in [6, 6.07) is 1.68. The van der Waals surface area contributed by atoms with E-state index in [2.05, 4.69) is 5.32 Å². The Balaban J connectivity index is 3.17. The number of nitrogens with zero attached hydrogens (tertiary/aromatic N) is 1. The first-order chi connectivity index (χ1) is 12.8. The summed E-state index contributed by atoms with van der Waals surface area (Å²) in [4.78, 5) is 34.2. The number of aliphatic carboxylic acids is 1. The third kappa shape index (κ3) is 6.74. The van der Waals surface area contributed by atoms with E-state index in [0.29, 0.717) is 12.8 Å². The van der Waals surface area contributed by atoms with Crippen molar-refractivity contribution >= 4 is 17.6 Å². The molecule has 0 fully saturated rings. The highest BCUT2D eigenvalue weighted by atomic mass is 16.6. The molecule has 10 heteroatoms. The van der Waals surface area contributed by atoms with Crippen LogP contribution in [-0.2, 0) is 9.53 Å². The van der Waals surface area contributed by atoms with Crippen LogP contribution in [0.3, 0.4) is 0 Å². The molecule has 1 rings (SSSR count). The molecule has 1 aromatic carbocycles. The molecule has 150 valence electrons. The van der Waals surface area contributed by atoms with Crippen molar-refractivity contribution in [1.82, 2.24) is 5.32 Å². The van der Waals surface area contributed by atoms with Crippen LogP contribution in [0.4, 0.5) is 5.69 Å². The van der Waals surface area contributed by atoms with Crippen LogP contribution in [0.15, 0.2) is 12.1 Å². The highest BCUT2D eigenvalue weighted by Crippen LogP contribution is 2.34. The molecule has 0 saturated heterocycles. The summed E-state index contributed by atoms with van der Waals surface area (Å²) < 4.78 is 15.4. The van der Waals surface area contributed by atoms with Gasteiger partial charge in [0, 0.05) is 19.2 Å². The van der Waals surface area contributed by atoms with Gasteiger partial charge in [0.05, 0.1) is 31.1 Å². The molecule has 0 aliphatic carbocycles.